The monoisotopic (exact) mass is 575 g/mol. The van der Waals surface area contributed by atoms with Crippen LogP contribution in [-0.2, 0) is 11.0 Å². The van der Waals surface area contributed by atoms with Crippen molar-refractivity contribution in [3.8, 4) is 11.5 Å². The van der Waals surface area contributed by atoms with Crippen LogP contribution in [0.5, 0.6) is 11.5 Å². The summed E-state index contributed by atoms with van der Waals surface area (Å²) in [4.78, 5) is 27.6. The number of ether oxygens (including phenoxy) is 2. The largest absolute Gasteiger partial charge is 0.495 e. The number of rotatable bonds is 6. The predicted octanol–water partition coefficient (Wildman–Crippen LogP) is 5.41. The minimum Gasteiger partial charge on any atom is -0.495 e. The van der Waals surface area contributed by atoms with Gasteiger partial charge in [0, 0.05) is 31.7 Å². The highest BCUT2D eigenvalue weighted by Gasteiger charge is 2.41. The molecular weight excluding hydrogens is 547 g/mol. The number of fused-ring (bicyclic) bond motifs is 1. The number of aromatic nitrogens is 1. The van der Waals surface area contributed by atoms with Gasteiger partial charge in [-0.25, -0.2) is 4.99 Å². The average molecular weight is 576 g/mol. The second-order valence-corrected chi connectivity index (χ2v) is 10.5. The molecule has 0 radical (unpaired) electrons. The summed E-state index contributed by atoms with van der Waals surface area (Å²) < 4.78 is 52.3. The van der Waals surface area contributed by atoms with E-state index in [2.05, 4.69) is 9.88 Å². The molecule has 0 spiro atoms. The molecule has 2 atom stereocenters. The zero-order valence-corrected chi connectivity index (χ0v) is 22.9. The van der Waals surface area contributed by atoms with Gasteiger partial charge in [0.15, 0.2) is 0 Å². The van der Waals surface area contributed by atoms with E-state index in [1.165, 1.54) is 24.5 Å². The molecule has 2 aliphatic rings. The van der Waals surface area contributed by atoms with Crippen LogP contribution in [0.15, 0.2) is 53.1 Å². The van der Waals surface area contributed by atoms with E-state index in [0.29, 0.717) is 41.9 Å². The first kappa shape index (κ1) is 27.6. The molecule has 2 aromatic heterocycles. The summed E-state index contributed by atoms with van der Waals surface area (Å²) in [5.74, 6) is 0.119. The topological polar surface area (TPSA) is 90.7 Å². The number of hydrogen-bond donors (Lipinski definition) is 1. The number of aliphatic imine (C=N–C) groups is 1. The molecule has 0 saturated carbocycles. The molecule has 1 aromatic carbocycles. The number of thiophene rings is 1. The summed E-state index contributed by atoms with van der Waals surface area (Å²) in [6.07, 6.45) is -1.55. The van der Waals surface area contributed by atoms with Crippen molar-refractivity contribution in [2.45, 2.75) is 31.6 Å². The van der Waals surface area contributed by atoms with E-state index >= 15 is 0 Å². The number of alkyl halides is 3. The molecular formula is C27H28F3N5O4S. The molecule has 3 aromatic rings. The zero-order chi connectivity index (χ0) is 28.6. The first-order valence-corrected chi connectivity index (χ1v) is 13.4. The standard InChI is InChI=1S/C27H28F3N5O4S/c1-16-15-33(7-8-34(16)18-11-19(38-2)14-31-13-18)26-32-20-6-9-40-25(20)22(12-24(36)37)35(26)21-10-17(27(28,29)30)4-5-23(21)39-3/h4-6,9-11,13-14,16,22H,7-8,12,15H2,1-3H3,(H,36,37)/t16-,22-/m1/s1. The molecule has 0 aliphatic carbocycles. The predicted molar refractivity (Wildman–Crippen MR) is 146 cm³/mol. The van der Waals surface area contributed by atoms with Gasteiger partial charge in [0.2, 0.25) is 5.96 Å². The minimum atomic E-state index is -4.60. The Bertz CT molecular complexity index is 1430. The van der Waals surface area contributed by atoms with Gasteiger partial charge in [-0.3, -0.25) is 14.7 Å². The summed E-state index contributed by atoms with van der Waals surface area (Å²) in [6.45, 7) is 3.57. The van der Waals surface area contributed by atoms with Crippen molar-refractivity contribution in [2.24, 2.45) is 4.99 Å². The Labute approximate surface area is 233 Å². The lowest BCUT2D eigenvalue weighted by atomic mass is 10.0. The van der Waals surface area contributed by atoms with Gasteiger partial charge in [0.05, 0.1) is 66.6 Å². The van der Waals surface area contributed by atoms with Gasteiger partial charge < -0.3 is 24.4 Å². The van der Waals surface area contributed by atoms with Crippen LogP contribution >= 0.6 is 11.3 Å². The van der Waals surface area contributed by atoms with E-state index in [9.17, 15) is 23.1 Å². The minimum absolute atomic E-state index is 0.0302. The number of carboxylic acid groups (broad SMARTS) is 1. The van der Waals surface area contributed by atoms with E-state index in [0.717, 1.165) is 17.8 Å². The fraction of sp³-hybridized carbons (Fsp3) is 0.370. The van der Waals surface area contributed by atoms with Crippen molar-refractivity contribution in [1.82, 2.24) is 9.88 Å². The van der Waals surface area contributed by atoms with Gasteiger partial charge in [-0.2, -0.15) is 13.2 Å². The molecule has 9 nitrogen and oxygen atoms in total. The maximum atomic E-state index is 13.8. The van der Waals surface area contributed by atoms with Crippen molar-refractivity contribution in [2.75, 3.05) is 43.7 Å². The van der Waals surface area contributed by atoms with Crippen molar-refractivity contribution < 1.29 is 32.5 Å². The third-order valence-corrected chi connectivity index (χ3v) is 8.04. The van der Waals surface area contributed by atoms with E-state index in [4.69, 9.17) is 14.5 Å². The lowest BCUT2D eigenvalue weighted by molar-refractivity contribution is -0.138. The lowest BCUT2D eigenvalue weighted by Crippen LogP contribution is -2.58. The Balaban J connectivity index is 1.58. The van der Waals surface area contributed by atoms with Crippen LogP contribution in [0.3, 0.4) is 0 Å². The highest BCUT2D eigenvalue weighted by atomic mass is 32.1. The Morgan fingerprint density at radius 2 is 1.95 bits per heavy atom. The van der Waals surface area contributed by atoms with Crippen LogP contribution in [0.1, 0.15) is 29.8 Å². The molecule has 4 heterocycles. The summed E-state index contributed by atoms with van der Waals surface area (Å²) >= 11 is 1.33. The van der Waals surface area contributed by atoms with Crippen molar-refractivity contribution in [3.05, 3.63) is 58.5 Å². The van der Waals surface area contributed by atoms with Crippen LogP contribution < -0.4 is 19.3 Å². The van der Waals surface area contributed by atoms with Crippen molar-refractivity contribution >= 4 is 40.3 Å². The smallest absolute Gasteiger partial charge is 0.416 e. The average Bonchev–Trinajstić information content (AvgIpc) is 3.40. The fourth-order valence-electron chi connectivity index (χ4n) is 5.18. The maximum Gasteiger partial charge on any atom is 0.416 e. The number of methoxy groups -OCH3 is 2. The number of benzene rings is 1. The van der Waals surface area contributed by atoms with Gasteiger partial charge in [-0.1, -0.05) is 0 Å². The van der Waals surface area contributed by atoms with Gasteiger partial charge in [0.1, 0.15) is 11.5 Å². The van der Waals surface area contributed by atoms with Crippen LogP contribution in [0.2, 0.25) is 0 Å². The Morgan fingerprint density at radius 1 is 1.15 bits per heavy atom. The highest BCUT2D eigenvalue weighted by molar-refractivity contribution is 7.10. The van der Waals surface area contributed by atoms with Crippen molar-refractivity contribution in [1.29, 1.82) is 0 Å². The Hall–Kier alpha value is -4.00. The number of hydrogen-bond acceptors (Lipinski definition) is 9. The normalized spacial score (nSPS) is 19.2. The van der Waals surface area contributed by atoms with Crippen LogP contribution in [-0.4, -0.2) is 66.8 Å². The second-order valence-electron chi connectivity index (χ2n) is 9.52. The first-order valence-electron chi connectivity index (χ1n) is 12.5. The number of guanidine groups is 1. The molecule has 1 N–H and O–H groups in total. The Morgan fingerprint density at radius 3 is 2.62 bits per heavy atom. The quantitative estimate of drug-likeness (QED) is 0.417. The third kappa shape index (κ3) is 5.25. The van der Waals surface area contributed by atoms with E-state index in [-0.39, 0.29) is 23.9 Å². The number of carboxylic acids is 1. The van der Waals surface area contributed by atoms with Gasteiger partial charge in [-0.05, 0) is 36.6 Å². The highest BCUT2D eigenvalue weighted by Crippen LogP contribution is 2.47. The van der Waals surface area contributed by atoms with Gasteiger partial charge >= 0.3 is 12.1 Å². The molecule has 212 valence electrons. The van der Waals surface area contributed by atoms with E-state index in [1.807, 2.05) is 23.3 Å². The summed E-state index contributed by atoms with van der Waals surface area (Å²) in [5, 5.41) is 11.6. The molecule has 0 unspecified atom stereocenters. The summed E-state index contributed by atoms with van der Waals surface area (Å²) in [5.41, 5.74) is 0.740. The Kier molecular flexibility index (Phi) is 7.49. The molecule has 40 heavy (non-hydrogen) atoms. The molecule has 1 saturated heterocycles. The molecule has 13 heteroatoms. The maximum absolute atomic E-state index is 13.8. The zero-order valence-electron chi connectivity index (χ0n) is 22.1. The number of piperazine rings is 1. The second kappa shape index (κ2) is 10.9. The van der Waals surface area contributed by atoms with Crippen LogP contribution in [0.25, 0.3) is 0 Å². The molecule has 5 rings (SSSR count). The van der Waals surface area contributed by atoms with Crippen LogP contribution in [0, 0.1) is 0 Å². The summed E-state index contributed by atoms with van der Waals surface area (Å²) in [6, 6.07) is 6.10. The van der Waals surface area contributed by atoms with Gasteiger partial charge in [-0.15, -0.1) is 11.3 Å². The number of carbonyl (C=O) groups is 1. The number of halogens is 3. The van der Waals surface area contributed by atoms with Gasteiger partial charge in [0.25, 0.3) is 0 Å². The number of anilines is 2. The van der Waals surface area contributed by atoms with E-state index in [1.54, 1.807) is 30.5 Å². The SMILES string of the molecule is COc1cncc(N2CCN(C3=Nc4ccsc4[C@@H](CC(=O)O)N3c3cc(C(F)(F)F)ccc3OC)C[C@H]2C)c1. The summed E-state index contributed by atoms with van der Waals surface area (Å²) in [7, 11) is 2.95. The molecule has 0 bridgehead atoms. The molecule has 0 amide bonds. The van der Waals surface area contributed by atoms with Crippen molar-refractivity contribution in [3.63, 3.8) is 0 Å². The number of aliphatic carboxylic acids is 1. The number of nitrogens with zero attached hydrogens (tertiary/aromatic N) is 5. The molecule has 2 aliphatic heterocycles. The lowest BCUT2D eigenvalue weighted by Gasteiger charge is -2.47. The van der Waals surface area contributed by atoms with Crippen LogP contribution in [0.4, 0.5) is 30.2 Å². The molecule has 1 fully saturated rings. The third-order valence-electron chi connectivity index (χ3n) is 7.03. The number of pyridine rings is 1. The van der Waals surface area contributed by atoms with E-state index < -0.39 is 23.8 Å². The fourth-order valence-corrected chi connectivity index (χ4v) is 6.10. The first-order chi connectivity index (χ1) is 19.1.